The quantitative estimate of drug-likeness (QED) is 0.848. The molecular formula is C17H20N4O. The second-order valence-corrected chi connectivity index (χ2v) is 5.75. The van der Waals surface area contributed by atoms with Gasteiger partial charge in [-0.2, -0.15) is 0 Å². The Morgan fingerprint density at radius 3 is 2.41 bits per heavy atom. The number of piperazine rings is 1. The highest BCUT2D eigenvalue weighted by Gasteiger charge is 2.21. The van der Waals surface area contributed by atoms with Crippen molar-refractivity contribution in [3.05, 3.63) is 47.9 Å². The van der Waals surface area contributed by atoms with Crippen molar-refractivity contribution < 1.29 is 4.79 Å². The summed E-state index contributed by atoms with van der Waals surface area (Å²) in [5.74, 6) is -0.0328. The van der Waals surface area contributed by atoms with Crippen molar-refractivity contribution in [3.8, 4) is 11.3 Å². The SMILES string of the molecule is Cc1ccc(-c2cncc(C(=O)N3CCN(C)CC3)n2)cc1. The second-order valence-electron chi connectivity index (χ2n) is 5.75. The molecule has 0 atom stereocenters. The Balaban J connectivity index is 1.81. The smallest absolute Gasteiger partial charge is 0.274 e. The van der Waals surface area contributed by atoms with E-state index < -0.39 is 0 Å². The zero-order valence-electron chi connectivity index (χ0n) is 13.0. The van der Waals surface area contributed by atoms with Crippen molar-refractivity contribution in [2.45, 2.75) is 6.92 Å². The van der Waals surface area contributed by atoms with Crippen LogP contribution in [0.2, 0.25) is 0 Å². The van der Waals surface area contributed by atoms with Crippen molar-refractivity contribution in [2.24, 2.45) is 0 Å². The van der Waals surface area contributed by atoms with Crippen molar-refractivity contribution >= 4 is 5.91 Å². The second kappa shape index (κ2) is 6.23. The summed E-state index contributed by atoms with van der Waals surface area (Å²) in [6.07, 6.45) is 3.25. The fraction of sp³-hybridized carbons (Fsp3) is 0.353. The summed E-state index contributed by atoms with van der Waals surface area (Å²) in [4.78, 5) is 25.3. The van der Waals surface area contributed by atoms with E-state index in [0.717, 1.165) is 37.4 Å². The molecule has 2 aromatic rings. The predicted molar refractivity (Wildman–Crippen MR) is 85.6 cm³/mol. The zero-order valence-corrected chi connectivity index (χ0v) is 13.0. The third-order valence-electron chi connectivity index (χ3n) is 3.99. The first kappa shape index (κ1) is 14.7. The minimum atomic E-state index is -0.0328. The maximum absolute atomic E-state index is 12.5. The monoisotopic (exact) mass is 296 g/mol. The van der Waals surface area contributed by atoms with E-state index in [9.17, 15) is 4.79 Å². The lowest BCUT2D eigenvalue weighted by Gasteiger charge is -2.32. The molecule has 3 rings (SSSR count). The van der Waals surface area contributed by atoms with Gasteiger partial charge in [-0.3, -0.25) is 9.78 Å². The fourth-order valence-corrected chi connectivity index (χ4v) is 2.50. The van der Waals surface area contributed by atoms with Gasteiger partial charge in [0.2, 0.25) is 0 Å². The van der Waals surface area contributed by atoms with Crippen LogP contribution in [0.25, 0.3) is 11.3 Å². The normalized spacial score (nSPS) is 15.8. The largest absolute Gasteiger partial charge is 0.335 e. The molecule has 1 aromatic carbocycles. The van der Waals surface area contributed by atoms with Crippen LogP contribution >= 0.6 is 0 Å². The number of carbonyl (C=O) groups excluding carboxylic acids is 1. The van der Waals surface area contributed by atoms with Crippen LogP contribution in [0.1, 0.15) is 16.1 Å². The molecule has 22 heavy (non-hydrogen) atoms. The van der Waals surface area contributed by atoms with Crippen LogP contribution < -0.4 is 0 Å². The lowest BCUT2D eigenvalue weighted by atomic mass is 10.1. The number of nitrogens with zero attached hydrogens (tertiary/aromatic N) is 4. The van der Waals surface area contributed by atoms with Crippen LogP contribution in [0.5, 0.6) is 0 Å². The van der Waals surface area contributed by atoms with Gasteiger partial charge in [0.05, 0.1) is 18.1 Å². The number of amides is 1. The van der Waals surface area contributed by atoms with Crippen molar-refractivity contribution in [1.82, 2.24) is 19.8 Å². The van der Waals surface area contributed by atoms with Gasteiger partial charge in [0.1, 0.15) is 5.69 Å². The van der Waals surface area contributed by atoms with Gasteiger partial charge >= 0.3 is 0 Å². The summed E-state index contributed by atoms with van der Waals surface area (Å²) >= 11 is 0. The molecule has 0 spiro atoms. The van der Waals surface area contributed by atoms with Gasteiger partial charge in [0.15, 0.2) is 0 Å². The molecule has 0 unspecified atom stereocenters. The molecule has 5 nitrogen and oxygen atoms in total. The van der Waals surface area contributed by atoms with Gasteiger partial charge in [0, 0.05) is 31.7 Å². The molecule has 0 bridgehead atoms. The Morgan fingerprint density at radius 1 is 1.05 bits per heavy atom. The van der Waals surface area contributed by atoms with Crippen molar-refractivity contribution in [1.29, 1.82) is 0 Å². The van der Waals surface area contributed by atoms with E-state index in [2.05, 4.69) is 21.9 Å². The minimum absolute atomic E-state index is 0.0328. The summed E-state index contributed by atoms with van der Waals surface area (Å²) in [7, 11) is 2.07. The van der Waals surface area contributed by atoms with E-state index in [0.29, 0.717) is 5.69 Å². The van der Waals surface area contributed by atoms with E-state index in [1.165, 1.54) is 5.56 Å². The van der Waals surface area contributed by atoms with E-state index in [4.69, 9.17) is 0 Å². The zero-order chi connectivity index (χ0) is 15.5. The third-order valence-corrected chi connectivity index (χ3v) is 3.99. The molecular weight excluding hydrogens is 276 g/mol. The number of benzene rings is 1. The van der Waals surface area contributed by atoms with Gasteiger partial charge in [-0.1, -0.05) is 29.8 Å². The third kappa shape index (κ3) is 3.14. The van der Waals surface area contributed by atoms with Gasteiger partial charge in [0.25, 0.3) is 5.91 Å². The number of hydrogen-bond donors (Lipinski definition) is 0. The lowest BCUT2D eigenvalue weighted by molar-refractivity contribution is 0.0658. The number of carbonyl (C=O) groups is 1. The van der Waals surface area contributed by atoms with Crippen LogP contribution in [0.15, 0.2) is 36.7 Å². The van der Waals surface area contributed by atoms with Crippen molar-refractivity contribution in [2.75, 3.05) is 33.2 Å². The molecule has 1 aromatic heterocycles. The standard InChI is InChI=1S/C17H20N4O/c1-13-3-5-14(6-4-13)15-11-18-12-16(19-15)17(22)21-9-7-20(2)8-10-21/h3-6,11-12H,7-10H2,1-2H3. The summed E-state index contributed by atoms with van der Waals surface area (Å²) in [5.41, 5.74) is 3.33. The number of rotatable bonds is 2. The Hall–Kier alpha value is -2.27. The van der Waals surface area contributed by atoms with E-state index >= 15 is 0 Å². The molecule has 0 N–H and O–H groups in total. The highest BCUT2D eigenvalue weighted by Crippen LogP contribution is 2.17. The summed E-state index contributed by atoms with van der Waals surface area (Å²) in [6.45, 7) is 5.33. The van der Waals surface area contributed by atoms with Crippen LogP contribution in [-0.2, 0) is 0 Å². The predicted octanol–water partition coefficient (Wildman–Crippen LogP) is 1.84. The first-order valence-corrected chi connectivity index (χ1v) is 7.50. The van der Waals surface area contributed by atoms with Crippen LogP contribution in [-0.4, -0.2) is 58.9 Å². The number of aryl methyl sites for hydroxylation is 1. The van der Waals surface area contributed by atoms with Crippen LogP contribution in [0.3, 0.4) is 0 Å². The molecule has 1 saturated heterocycles. The molecule has 0 saturated carbocycles. The maximum Gasteiger partial charge on any atom is 0.274 e. The lowest BCUT2D eigenvalue weighted by Crippen LogP contribution is -2.47. The van der Waals surface area contributed by atoms with E-state index in [1.54, 1.807) is 12.4 Å². The molecule has 114 valence electrons. The van der Waals surface area contributed by atoms with Gasteiger partial charge in [-0.05, 0) is 14.0 Å². The highest BCUT2D eigenvalue weighted by atomic mass is 16.2. The molecule has 2 heterocycles. The van der Waals surface area contributed by atoms with Crippen LogP contribution in [0.4, 0.5) is 0 Å². The summed E-state index contributed by atoms with van der Waals surface area (Å²) in [5, 5.41) is 0. The molecule has 1 amide bonds. The Morgan fingerprint density at radius 2 is 1.73 bits per heavy atom. The maximum atomic E-state index is 12.5. The Bertz CT molecular complexity index is 661. The molecule has 5 heteroatoms. The summed E-state index contributed by atoms with van der Waals surface area (Å²) in [6, 6.07) is 8.07. The Kier molecular flexibility index (Phi) is 4.15. The first-order chi connectivity index (χ1) is 10.6. The fourth-order valence-electron chi connectivity index (χ4n) is 2.50. The average molecular weight is 296 g/mol. The number of aromatic nitrogens is 2. The van der Waals surface area contributed by atoms with Crippen LogP contribution in [0, 0.1) is 6.92 Å². The van der Waals surface area contributed by atoms with Gasteiger partial charge < -0.3 is 9.80 Å². The molecule has 1 aliphatic rings. The number of likely N-dealkylation sites (N-methyl/N-ethyl adjacent to an activating group) is 1. The first-order valence-electron chi connectivity index (χ1n) is 7.50. The van der Waals surface area contributed by atoms with Crippen molar-refractivity contribution in [3.63, 3.8) is 0 Å². The summed E-state index contributed by atoms with van der Waals surface area (Å²) < 4.78 is 0. The molecule has 0 radical (unpaired) electrons. The highest BCUT2D eigenvalue weighted by molar-refractivity contribution is 5.92. The molecule has 0 aliphatic carbocycles. The van der Waals surface area contributed by atoms with Gasteiger partial charge in [-0.15, -0.1) is 0 Å². The molecule has 1 fully saturated rings. The Labute approximate surface area is 130 Å². The molecule has 1 aliphatic heterocycles. The number of hydrogen-bond acceptors (Lipinski definition) is 4. The van der Waals surface area contributed by atoms with E-state index in [-0.39, 0.29) is 5.91 Å². The topological polar surface area (TPSA) is 49.3 Å². The van der Waals surface area contributed by atoms with Gasteiger partial charge in [-0.25, -0.2) is 4.98 Å². The minimum Gasteiger partial charge on any atom is -0.335 e. The van der Waals surface area contributed by atoms with E-state index in [1.807, 2.05) is 36.1 Å². The average Bonchev–Trinajstić information content (AvgIpc) is 2.56.